The Labute approximate surface area is 496 Å². The number of anilines is 3. The molecule has 0 bridgehead atoms. The molecule has 0 aliphatic heterocycles. The average molecular weight is 1000 g/mol. The first-order valence-corrected chi connectivity index (χ1v) is 28.7. The Bertz CT molecular complexity index is 4190. The maximum absolute atomic E-state index is 7.36. The lowest BCUT2D eigenvalue weighted by Gasteiger charge is -2.40. The predicted molar refractivity (Wildman–Crippen MR) is 425 cm³/mol. The summed E-state index contributed by atoms with van der Waals surface area (Å²) in [6, 6.07) is 20.5. The van der Waals surface area contributed by atoms with E-state index in [0.717, 1.165) is 55.0 Å². The molecule has 0 atom stereocenters. The molecule has 0 saturated heterocycles. The van der Waals surface area contributed by atoms with Crippen molar-refractivity contribution in [2.45, 2.75) is 0 Å². The van der Waals surface area contributed by atoms with E-state index in [0.29, 0.717) is 17.5 Å². The number of hydrogen-bond donors (Lipinski definition) is 0. The molecule has 29 heteroatoms. The van der Waals surface area contributed by atoms with E-state index in [1.165, 1.54) is 154 Å². The van der Waals surface area contributed by atoms with Crippen LogP contribution in [0, 0.1) is 0 Å². The van der Waals surface area contributed by atoms with Crippen LogP contribution in [0.1, 0.15) is 0 Å². The van der Waals surface area contributed by atoms with Crippen molar-refractivity contribution in [1.29, 1.82) is 0 Å². The SMILES string of the molecule is Bc1c(B)c(B)c(-c2c(B)c(B)c(N(c3c(B)c(B)c(B)c(B)c3B)c3c(B)c(B)c(-c4c(B)c(B)c5c(oc6c(B)c(B)c(B)c(-c7nc(-c8ccccc8)nc(-c8ccccc8)n7)c65)c4B)c(B)c3B)c(B)c2B)c(B)c1B. The molecule has 10 aromatic rings. The summed E-state index contributed by atoms with van der Waals surface area (Å²) in [5, 5.41) is 2.17. The Morgan fingerprint density at radius 1 is 0.237 bits per heavy atom. The van der Waals surface area contributed by atoms with Crippen molar-refractivity contribution < 1.29 is 4.42 Å². The Kier molecular flexibility index (Phi) is 15.0. The molecule has 10 rings (SSSR count). The van der Waals surface area contributed by atoms with Gasteiger partial charge in [0, 0.05) is 44.5 Å². The van der Waals surface area contributed by atoms with Gasteiger partial charge in [-0.05, 0) is 27.7 Å². The number of nitrogens with zero attached hydrogens (tertiary/aromatic N) is 4. The fourth-order valence-electron chi connectivity index (χ4n) is 13.8. The first kappa shape index (κ1) is 57.2. The van der Waals surface area contributed by atoms with Crippen LogP contribution in [0.3, 0.4) is 0 Å². The number of fused-ring (bicyclic) bond motifs is 3. The third-order valence-corrected chi connectivity index (χ3v) is 20.3. The van der Waals surface area contributed by atoms with Gasteiger partial charge in [-0.3, -0.25) is 0 Å². The monoisotopic (exact) mass is 1010 g/mol. The third-order valence-electron chi connectivity index (χ3n) is 20.3. The van der Waals surface area contributed by atoms with E-state index in [9.17, 15) is 0 Å². The second-order valence-electron chi connectivity index (χ2n) is 23.8. The van der Waals surface area contributed by atoms with Gasteiger partial charge in [-0.2, -0.15) is 0 Å². The summed E-state index contributed by atoms with van der Waals surface area (Å²) >= 11 is 0. The molecule has 0 spiro atoms. The van der Waals surface area contributed by atoms with Gasteiger partial charge in [-0.1, -0.05) is 164 Å². The maximum Gasteiger partial charge on any atom is 0.164 e. The summed E-state index contributed by atoms with van der Waals surface area (Å²) in [4.78, 5) is 18.4. The largest absolute Gasteiger partial charge is 0.457 e. The molecular formula is C51H58B24N4O. The molecule has 360 valence electrons. The van der Waals surface area contributed by atoms with Crippen LogP contribution in [0.2, 0.25) is 0 Å². The number of rotatable bonds is 8. The van der Waals surface area contributed by atoms with E-state index in [2.05, 4.69) is 217 Å². The molecule has 8 aromatic carbocycles. The molecule has 0 aliphatic rings. The van der Waals surface area contributed by atoms with Gasteiger partial charge in [0.15, 0.2) is 17.5 Å². The van der Waals surface area contributed by atoms with E-state index in [1.807, 2.05) is 36.4 Å². The molecule has 0 unspecified atom stereocenters. The summed E-state index contributed by atoms with van der Waals surface area (Å²) in [6.07, 6.45) is 0. The van der Waals surface area contributed by atoms with E-state index >= 15 is 0 Å². The van der Waals surface area contributed by atoms with Gasteiger partial charge in [0.2, 0.25) is 0 Å². The van der Waals surface area contributed by atoms with Gasteiger partial charge < -0.3 is 9.32 Å². The van der Waals surface area contributed by atoms with Crippen molar-refractivity contribution in [3.63, 3.8) is 0 Å². The smallest absolute Gasteiger partial charge is 0.164 e. The lowest BCUT2D eigenvalue weighted by atomic mass is 9.56. The minimum absolute atomic E-state index is 0.640. The van der Waals surface area contributed by atoms with Crippen LogP contribution in [0.4, 0.5) is 17.1 Å². The first-order valence-electron chi connectivity index (χ1n) is 28.7. The molecule has 0 saturated carbocycles. The summed E-state index contributed by atoms with van der Waals surface area (Å²) in [6.45, 7) is 0. The molecule has 80 heavy (non-hydrogen) atoms. The molecule has 0 amide bonds. The van der Waals surface area contributed by atoms with Crippen LogP contribution < -0.4 is 136 Å². The molecule has 5 nitrogen and oxygen atoms in total. The first-order chi connectivity index (χ1) is 37.8. The maximum atomic E-state index is 7.36. The van der Waals surface area contributed by atoms with Crippen LogP contribution in [-0.4, -0.2) is 203 Å². The van der Waals surface area contributed by atoms with E-state index in [-0.39, 0.29) is 0 Å². The standard InChI is InChI=1S/C51H58B24N4O/c52-20-17(29(61)48-18(27(20)59)13-19(28(60)32(64)43(75)47(13)80-48)51-77-49(11-7-3-1-4-8-11)76-50(78-51)12-9-5-2-6-10-12)16-25(57)39(71)45(40(72)26(16)58)79(46-41(73)35(67)34(66)36(68)42(46)74)44-37(69)23(55)15(24(56)38(44)70)14-21(53)30(62)33(65)31(63)22(14)54/h1-10H,52-75H2. The van der Waals surface area contributed by atoms with Crippen LogP contribution in [0.5, 0.6) is 0 Å². The normalized spacial score (nSPS) is 11.4. The highest BCUT2D eigenvalue weighted by Gasteiger charge is 2.32. The highest BCUT2D eigenvalue weighted by molar-refractivity contribution is 6.74. The fraction of sp³-hybridized carbons (Fsp3) is 0. The highest BCUT2D eigenvalue weighted by Crippen LogP contribution is 2.35. The minimum atomic E-state index is 0.640. The molecular weight excluding hydrogens is 944 g/mol. The van der Waals surface area contributed by atoms with Crippen LogP contribution in [0.25, 0.3) is 78.4 Å². The summed E-state index contributed by atoms with van der Waals surface area (Å²) in [7, 11) is 55.6. The average Bonchev–Trinajstić information content (AvgIpc) is 4.06. The van der Waals surface area contributed by atoms with Crippen LogP contribution >= 0.6 is 0 Å². The van der Waals surface area contributed by atoms with Crippen molar-refractivity contribution in [2.24, 2.45) is 0 Å². The molecule has 0 aliphatic carbocycles. The molecule has 0 radical (unpaired) electrons. The van der Waals surface area contributed by atoms with Gasteiger partial charge in [-0.25, -0.2) is 15.0 Å². The molecule has 0 fully saturated rings. The van der Waals surface area contributed by atoms with Gasteiger partial charge in [0.25, 0.3) is 0 Å². The zero-order valence-electron chi connectivity index (χ0n) is 52.5. The van der Waals surface area contributed by atoms with E-state index in [1.54, 1.807) is 0 Å². The molecule has 2 heterocycles. The third kappa shape index (κ3) is 8.53. The van der Waals surface area contributed by atoms with Gasteiger partial charge in [0.05, 0.1) is 0 Å². The Balaban J connectivity index is 1.26. The van der Waals surface area contributed by atoms with Crippen molar-refractivity contribution in [1.82, 2.24) is 15.0 Å². The lowest BCUT2D eigenvalue weighted by molar-refractivity contribution is 0.675. The summed E-state index contributed by atoms with van der Waals surface area (Å²) in [5.74, 6) is 1.92. The fourth-order valence-corrected chi connectivity index (χ4v) is 13.8. The Morgan fingerprint density at radius 2 is 0.500 bits per heavy atom. The van der Waals surface area contributed by atoms with E-state index < -0.39 is 0 Å². The van der Waals surface area contributed by atoms with Gasteiger partial charge in [-0.15, -0.1) is 21.9 Å². The van der Waals surface area contributed by atoms with Crippen molar-refractivity contribution in [3.05, 3.63) is 60.7 Å². The van der Waals surface area contributed by atoms with Crippen molar-refractivity contribution >= 4 is 358 Å². The number of furan rings is 1. The minimum Gasteiger partial charge on any atom is -0.457 e. The Morgan fingerprint density at radius 3 is 0.887 bits per heavy atom. The lowest BCUT2D eigenvalue weighted by Crippen LogP contribution is -2.59. The van der Waals surface area contributed by atoms with Crippen LogP contribution in [0.15, 0.2) is 65.1 Å². The number of aromatic nitrogens is 3. The second-order valence-corrected chi connectivity index (χ2v) is 23.8. The molecule has 0 N–H and O–H groups in total. The van der Waals surface area contributed by atoms with Gasteiger partial charge >= 0.3 is 0 Å². The topological polar surface area (TPSA) is 55.1 Å². The number of benzene rings is 8. The summed E-state index contributed by atoms with van der Waals surface area (Å²) < 4.78 is 7.36. The second kappa shape index (κ2) is 21.0. The van der Waals surface area contributed by atoms with Crippen molar-refractivity contribution in [2.75, 3.05) is 4.90 Å². The Hall–Kier alpha value is -6.07. The van der Waals surface area contributed by atoms with Crippen molar-refractivity contribution in [3.8, 4) is 56.4 Å². The molecule has 2 aromatic heterocycles. The quantitative estimate of drug-likeness (QED) is 0.142. The van der Waals surface area contributed by atoms with Crippen LogP contribution in [-0.2, 0) is 0 Å². The highest BCUT2D eigenvalue weighted by atomic mass is 16.3. The van der Waals surface area contributed by atoms with E-state index in [4.69, 9.17) is 19.4 Å². The zero-order valence-corrected chi connectivity index (χ0v) is 52.5. The number of hydrogen-bond acceptors (Lipinski definition) is 5. The van der Waals surface area contributed by atoms with Gasteiger partial charge in [0.1, 0.15) is 199 Å². The summed E-state index contributed by atoms with van der Waals surface area (Å²) in [5.41, 5.74) is 44.8. The zero-order chi connectivity index (χ0) is 58.1. The predicted octanol–water partition coefficient (Wildman–Crippen LogP) is -28.2.